The molecular weight excluding hydrogens is 580 g/mol. The highest BCUT2D eigenvalue weighted by atomic mass is 35.5. The maximum Gasteiger partial charge on any atom is 0.433 e. The van der Waals surface area contributed by atoms with E-state index in [1.54, 1.807) is 64.2 Å². The molecule has 8 nitrogen and oxygen atoms in total. The monoisotopic (exact) mass is 606 g/mol. The average molecular weight is 607 g/mol. The van der Waals surface area contributed by atoms with Crippen molar-refractivity contribution in [3.63, 3.8) is 0 Å². The molecule has 4 rings (SSSR count). The van der Waals surface area contributed by atoms with Gasteiger partial charge in [0, 0.05) is 41.8 Å². The lowest BCUT2D eigenvalue weighted by molar-refractivity contribution is -0.141. The van der Waals surface area contributed by atoms with Crippen LogP contribution in [-0.2, 0) is 17.5 Å². The first kappa shape index (κ1) is 31.6. The third-order valence-electron chi connectivity index (χ3n) is 5.91. The Morgan fingerprint density at radius 1 is 0.976 bits per heavy atom. The number of halogens is 5. The van der Waals surface area contributed by atoms with Crippen LogP contribution in [0.5, 0.6) is 0 Å². The minimum atomic E-state index is -4.56. The fourth-order valence-corrected chi connectivity index (χ4v) is 3.93. The Morgan fingerprint density at radius 2 is 1.71 bits per heavy atom. The fourth-order valence-electron chi connectivity index (χ4n) is 3.72. The van der Waals surface area contributed by atoms with Crippen molar-refractivity contribution in [1.29, 1.82) is 0 Å². The van der Waals surface area contributed by atoms with E-state index in [0.717, 1.165) is 12.3 Å². The summed E-state index contributed by atoms with van der Waals surface area (Å²) in [6, 6.07) is 12.1. The summed E-state index contributed by atoms with van der Waals surface area (Å²) in [5, 5.41) is 9.47. The van der Waals surface area contributed by atoms with E-state index in [1.165, 1.54) is 6.07 Å². The van der Waals surface area contributed by atoms with Gasteiger partial charge in [-0.2, -0.15) is 13.2 Å². The van der Waals surface area contributed by atoms with Gasteiger partial charge in [0.1, 0.15) is 11.5 Å². The standard InChI is InChI=1S/C28H26ClF3N6O2.ClH/c1-27(2,3)26(40)35-13-15-5-9-20(29)19(11-15)25(39)36-17-7-8-18-21(12-17)37-23(38-24(18)33-4)16-6-10-22(34-14-16)28(30,31)32;/h5-12,14H,13H2,1-4H3,(H,35,40)(H,36,39)(H,33,37,38);1H. The quantitative estimate of drug-likeness (QED) is 0.224. The molecule has 0 aliphatic heterocycles. The van der Waals surface area contributed by atoms with E-state index in [-0.39, 0.29) is 41.3 Å². The number of nitrogens with one attached hydrogen (secondary N) is 3. The van der Waals surface area contributed by atoms with Crippen molar-refractivity contribution in [3.05, 3.63) is 76.6 Å². The highest BCUT2D eigenvalue weighted by Crippen LogP contribution is 2.30. The lowest BCUT2D eigenvalue weighted by Crippen LogP contribution is -2.34. The van der Waals surface area contributed by atoms with Gasteiger partial charge in [-0.3, -0.25) is 14.6 Å². The van der Waals surface area contributed by atoms with Crippen LogP contribution < -0.4 is 16.0 Å². The van der Waals surface area contributed by atoms with Crippen LogP contribution in [0, 0.1) is 5.41 Å². The summed E-state index contributed by atoms with van der Waals surface area (Å²) in [5.41, 5.74) is 0.501. The molecule has 2 amide bonds. The van der Waals surface area contributed by atoms with Gasteiger partial charge in [0.15, 0.2) is 5.82 Å². The number of hydrogen-bond donors (Lipinski definition) is 3. The van der Waals surface area contributed by atoms with Crippen LogP contribution in [0.15, 0.2) is 54.7 Å². The molecule has 0 spiro atoms. The summed E-state index contributed by atoms with van der Waals surface area (Å²) in [6.07, 6.45) is -3.50. The zero-order valence-corrected chi connectivity index (χ0v) is 24.1. The van der Waals surface area contributed by atoms with Gasteiger partial charge >= 0.3 is 6.18 Å². The van der Waals surface area contributed by atoms with Gasteiger partial charge in [0.05, 0.1) is 16.1 Å². The number of fused-ring (bicyclic) bond motifs is 1. The Kier molecular flexibility index (Phi) is 9.45. The van der Waals surface area contributed by atoms with Crippen LogP contribution in [-0.4, -0.2) is 33.8 Å². The zero-order valence-electron chi connectivity index (χ0n) is 22.5. The predicted molar refractivity (Wildman–Crippen MR) is 155 cm³/mol. The number of amides is 2. The van der Waals surface area contributed by atoms with E-state index in [0.29, 0.717) is 33.5 Å². The third kappa shape index (κ3) is 7.42. The van der Waals surface area contributed by atoms with Gasteiger partial charge in [-0.1, -0.05) is 38.4 Å². The lowest BCUT2D eigenvalue weighted by Gasteiger charge is -2.18. The molecule has 41 heavy (non-hydrogen) atoms. The van der Waals surface area contributed by atoms with E-state index in [2.05, 4.69) is 30.9 Å². The van der Waals surface area contributed by atoms with Gasteiger partial charge in [0.2, 0.25) is 5.91 Å². The molecule has 13 heteroatoms. The zero-order chi connectivity index (χ0) is 29.2. The van der Waals surface area contributed by atoms with E-state index < -0.39 is 23.2 Å². The minimum absolute atomic E-state index is 0. The molecule has 0 atom stereocenters. The molecule has 0 aliphatic rings. The second-order valence-electron chi connectivity index (χ2n) is 10.0. The van der Waals surface area contributed by atoms with E-state index >= 15 is 0 Å². The summed E-state index contributed by atoms with van der Waals surface area (Å²) in [4.78, 5) is 37.7. The second-order valence-corrected chi connectivity index (χ2v) is 10.4. The number of carbonyl (C=O) groups is 2. The van der Waals surface area contributed by atoms with Crippen molar-refractivity contribution in [2.24, 2.45) is 5.41 Å². The van der Waals surface area contributed by atoms with E-state index in [9.17, 15) is 22.8 Å². The molecule has 3 N–H and O–H groups in total. The Bertz CT molecular complexity index is 1590. The largest absolute Gasteiger partial charge is 0.433 e. The van der Waals surface area contributed by atoms with Crippen molar-refractivity contribution in [2.75, 3.05) is 17.7 Å². The maximum absolute atomic E-state index is 13.1. The van der Waals surface area contributed by atoms with Crippen molar-refractivity contribution >= 4 is 58.2 Å². The fraction of sp³-hybridized carbons (Fsp3) is 0.250. The summed E-state index contributed by atoms with van der Waals surface area (Å²) in [6.45, 7) is 5.65. The number of hydrogen-bond acceptors (Lipinski definition) is 6. The first-order valence-electron chi connectivity index (χ1n) is 12.2. The molecule has 2 heterocycles. The minimum Gasteiger partial charge on any atom is -0.373 e. The van der Waals surface area contributed by atoms with Gasteiger partial charge in [0.25, 0.3) is 5.91 Å². The summed E-state index contributed by atoms with van der Waals surface area (Å²) >= 11 is 6.30. The van der Waals surface area contributed by atoms with Crippen LogP contribution in [0.1, 0.15) is 42.4 Å². The number of nitrogens with zero attached hydrogens (tertiary/aromatic N) is 3. The molecular formula is C28H27Cl2F3N6O2. The Hall–Kier alpha value is -3.96. The number of rotatable bonds is 6. The first-order valence-corrected chi connectivity index (χ1v) is 12.6. The number of benzene rings is 2. The molecule has 0 fully saturated rings. The average Bonchev–Trinajstić information content (AvgIpc) is 2.90. The highest BCUT2D eigenvalue weighted by Gasteiger charge is 2.32. The molecule has 216 valence electrons. The van der Waals surface area contributed by atoms with Crippen molar-refractivity contribution < 1.29 is 22.8 Å². The summed E-state index contributed by atoms with van der Waals surface area (Å²) in [5.74, 6) is 0.0165. The highest BCUT2D eigenvalue weighted by molar-refractivity contribution is 6.34. The van der Waals surface area contributed by atoms with Gasteiger partial charge < -0.3 is 16.0 Å². The van der Waals surface area contributed by atoms with Crippen LogP contribution >= 0.6 is 24.0 Å². The van der Waals surface area contributed by atoms with Crippen molar-refractivity contribution in [3.8, 4) is 11.4 Å². The van der Waals surface area contributed by atoms with Crippen LogP contribution in [0.4, 0.5) is 24.7 Å². The smallest absolute Gasteiger partial charge is 0.373 e. The van der Waals surface area contributed by atoms with Crippen LogP contribution in [0.3, 0.4) is 0 Å². The normalized spacial score (nSPS) is 11.5. The van der Waals surface area contributed by atoms with Gasteiger partial charge in [-0.05, 0) is 48.0 Å². The number of carbonyl (C=O) groups excluding carboxylic acids is 2. The van der Waals surface area contributed by atoms with Crippen LogP contribution in [0.25, 0.3) is 22.3 Å². The topological polar surface area (TPSA) is 109 Å². The number of alkyl halides is 3. The Balaban J connectivity index is 0.00000462. The van der Waals surface area contributed by atoms with Crippen LogP contribution in [0.2, 0.25) is 5.02 Å². The number of anilines is 2. The maximum atomic E-state index is 13.1. The predicted octanol–water partition coefficient (Wildman–Crippen LogP) is 6.74. The molecule has 2 aromatic heterocycles. The number of pyridine rings is 1. The molecule has 0 saturated heterocycles. The Morgan fingerprint density at radius 3 is 2.32 bits per heavy atom. The number of aromatic nitrogens is 3. The molecule has 0 aliphatic carbocycles. The van der Waals surface area contributed by atoms with Crippen molar-refractivity contribution in [2.45, 2.75) is 33.5 Å². The molecule has 2 aromatic carbocycles. The first-order chi connectivity index (χ1) is 18.8. The van der Waals surface area contributed by atoms with E-state index in [4.69, 9.17) is 11.6 Å². The van der Waals surface area contributed by atoms with Crippen molar-refractivity contribution in [1.82, 2.24) is 20.3 Å². The second kappa shape index (κ2) is 12.3. The van der Waals surface area contributed by atoms with E-state index in [1.807, 2.05) is 0 Å². The molecule has 0 bridgehead atoms. The summed E-state index contributed by atoms with van der Waals surface area (Å²) < 4.78 is 38.8. The molecule has 4 aromatic rings. The molecule has 0 unspecified atom stereocenters. The molecule has 0 saturated carbocycles. The Labute approximate surface area is 245 Å². The lowest BCUT2D eigenvalue weighted by atomic mass is 9.95. The summed E-state index contributed by atoms with van der Waals surface area (Å²) in [7, 11) is 1.66. The van der Waals surface area contributed by atoms with Gasteiger partial charge in [-0.25, -0.2) is 9.97 Å². The third-order valence-corrected chi connectivity index (χ3v) is 6.24. The SMILES string of the molecule is CNc1nc(-c2ccc(C(F)(F)F)nc2)nc2cc(NC(=O)c3cc(CNC(=O)C(C)(C)C)ccc3Cl)ccc12.Cl. The molecule has 0 radical (unpaired) electrons. The van der Waals surface area contributed by atoms with Gasteiger partial charge in [-0.15, -0.1) is 12.4 Å².